The van der Waals surface area contributed by atoms with Crippen LogP contribution in [-0.2, 0) is 6.18 Å². The number of aromatic nitrogens is 1. The zero-order valence-corrected chi connectivity index (χ0v) is 7.79. The number of hydrogen-bond acceptors (Lipinski definition) is 3. The van der Waals surface area contributed by atoms with Gasteiger partial charge in [-0.05, 0) is 0 Å². The van der Waals surface area contributed by atoms with Crippen molar-refractivity contribution in [2.45, 2.75) is 12.6 Å². The molecule has 94 valence electrons. The molecule has 0 unspecified atom stereocenters. The summed E-state index contributed by atoms with van der Waals surface area (Å²) in [5.74, 6) is -3.90. The predicted molar refractivity (Wildman–Crippen MR) is 42.8 cm³/mol. The molecule has 2 N–H and O–H groups in total. The molecule has 4 nitrogen and oxygen atoms in total. The summed E-state index contributed by atoms with van der Waals surface area (Å²) in [7, 11) is 0. The fourth-order valence-corrected chi connectivity index (χ4v) is 1.12. The minimum absolute atomic E-state index is 0.131. The second kappa shape index (κ2) is 4.15. The summed E-state index contributed by atoms with van der Waals surface area (Å²) >= 11 is 0. The monoisotopic (exact) mass is 257 g/mol. The van der Waals surface area contributed by atoms with Crippen molar-refractivity contribution in [3.8, 4) is 5.75 Å². The molecule has 17 heavy (non-hydrogen) atoms. The van der Waals surface area contributed by atoms with Crippen molar-refractivity contribution >= 4 is 5.97 Å². The molecule has 0 aliphatic heterocycles. The number of aromatic carboxylic acids is 1. The molecule has 1 aromatic heterocycles. The van der Waals surface area contributed by atoms with Crippen LogP contribution in [0.5, 0.6) is 5.75 Å². The Morgan fingerprint density at radius 2 is 1.88 bits per heavy atom. The molecule has 0 aromatic carbocycles. The van der Waals surface area contributed by atoms with E-state index in [-0.39, 0.29) is 6.20 Å². The summed E-state index contributed by atoms with van der Waals surface area (Å²) in [5, 5.41) is 17.4. The number of halogens is 5. The van der Waals surface area contributed by atoms with E-state index in [2.05, 4.69) is 4.98 Å². The molecule has 0 aliphatic carbocycles. The van der Waals surface area contributed by atoms with Gasteiger partial charge in [0.2, 0.25) is 0 Å². The number of carboxylic acid groups (broad SMARTS) is 1. The lowest BCUT2D eigenvalue weighted by molar-refractivity contribution is -0.139. The summed E-state index contributed by atoms with van der Waals surface area (Å²) in [6.07, 6.45) is -8.59. The summed E-state index contributed by atoms with van der Waals surface area (Å²) in [6.45, 7) is 0. The number of carbonyl (C=O) groups is 1. The number of nitrogens with zero attached hydrogens (tertiary/aromatic N) is 1. The third-order valence-electron chi connectivity index (χ3n) is 1.80. The van der Waals surface area contributed by atoms with Crippen molar-refractivity contribution in [2.75, 3.05) is 0 Å². The van der Waals surface area contributed by atoms with E-state index in [1.54, 1.807) is 0 Å². The van der Waals surface area contributed by atoms with E-state index in [0.29, 0.717) is 0 Å². The Balaban J connectivity index is 3.60. The largest absolute Gasteiger partial charge is 0.505 e. The predicted octanol–water partition coefficient (Wildman–Crippen LogP) is 2.44. The third-order valence-corrected chi connectivity index (χ3v) is 1.80. The van der Waals surface area contributed by atoms with E-state index in [1.807, 2.05) is 0 Å². The second-order valence-electron chi connectivity index (χ2n) is 2.88. The Kier molecular flexibility index (Phi) is 3.21. The molecule has 0 bridgehead atoms. The lowest BCUT2D eigenvalue weighted by Crippen LogP contribution is -2.15. The Bertz CT molecular complexity index is 457. The van der Waals surface area contributed by atoms with E-state index in [9.17, 15) is 26.7 Å². The molecule has 9 heteroatoms. The number of rotatable bonds is 2. The molecule has 0 spiro atoms. The van der Waals surface area contributed by atoms with Crippen LogP contribution in [0.15, 0.2) is 6.20 Å². The molecule has 0 amide bonds. The van der Waals surface area contributed by atoms with Gasteiger partial charge in [-0.3, -0.25) is 4.98 Å². The highest BCUT2D eigenvalue weighted by atomic mass is 19.4. The van der Waals surface area contributed by atoms with Crippen LogP contribution in [0, 0.1) is 0 Å². The van der Waals surface area contributed by atoms with Crippen molar-refractivity contribution in [1.29, 1.82) is 0 Å². The van der Waals surface area contributed by atoms with Crippen molar-refractivity contribution in [1.82, 2.24) is 4.98 Å². The number of hydrogen-bond donors (Lipinski definition) is 2. The van der Waals surface area contributed by atoms with Crippen LogP contribution in [0.4, 0.5) is 22.0 Å². The average molecular weight is 257 g/mol. The van der Waals surface area contributed by atoms with Crippen molar-refractivity contribution in [2.24, 2.45) is 0 Å². The SMILES string of the molecule is O=C(O)c1cnc(C(F)F)c(O)c1C(F)(F)F. The van der Waals surface area contributed by atoms with Gasteiger partial charge < -0.3 is 10.2 Å². The maximum absolute atomic E-state index is 12.4. The fraction of sp³-hybridized carbons (Fsp3) is 0.250. The molecular formula is C8H4F5NO3. The zero-order valence-electron chi connectivity index (χ0n) is 7.79. The molecule has 0 saturated heterocycles. The first kappa shape index (κ1) is 13.1. The zero-order chi connectivity index (χ0) is 13.4. The smallest absolute Gasteiger partial charge is 0.420 e. The number of pyridine rings is 1. The van der Waals surface area contributed by atoms with Crippen LogP contribution in [0.3, 0.4) is 0 Å². The molecule has 1 rings (SSSR count). The Morgan fingerprint density at radius 1 is 1.35 bits per heavy atom. The van der Waals surface area contributed by atoms with Gasteiger partial charge in [-0.25, -0.2) is 13.6 Å². The quantitative estimate of drug-likeness (QED) is 0.798. The highest BCUT2D eigenvalue weighted by molar-refractivity contribution is 5.90. The first-order valence-corrected chi connectivity index (χ1v) is 3.96. The number of carboxylic acids is 1. The fourth-order valence-electron chi connectivity index (χ4n) is 1.12. The van der Waals surface area contributed by atoms with Crippen molar-refractivity contribution in [3.05, 3.63) is 23.0 Å². The molecule has 0 aliphatic rings. The molecule has 0 fully saturated rings. The van der Waals surface area contributed by atoms with Crippen molar-refractivity contribution < 1.29 is 37.0 Å². The first-order chi connectivity index (χ1) is 7.66. The van der Waals surface area contributed by atoms with E-state index in [1.165, 1.54) is 0 Å². The molecule has 1 heterocycles. The van der Waals surface area contributed by atoms with Crippen molar-refractivity contribution in [3.63, 3.8) is 0 Å². The minimum atomic E-state index is -5.27. The van der Waals surface area contributed by atoms with Gasteiger partial charge in [0.05, 0.1) is 5.56 Å². The Hall–Kier alpha value is -1.93. The van der Waals surface area contributed by atoms with Gasteiger partial charge in [0.1, 0.15) is 11.3 Å². The maximum atomic E-state index is 12.4. The molecule has 0 atom stereocenters. The van der Waals surface area contributed by atoms with Gasteiger partial charge in [0.15, 0.2) is 5.75 Å². The van der Waals surface area contributed by atoms with Gasteiger partial charge in [-0.15, -0.1) is 0 Å². The van der Waals surface area contributed by atoms with Crippen LogP contribution in [-0.4, -0.2) is 21.2 Å². The topological polar surface area (TPSA) is 70.4 Å². The van der Waals surface area contributed by atoms with Gasteiger partial charge in [-0.1, -0.05) is 0 Å². The normalized spacial score (nSPS) is 11.9. The van der Waals surface area contributed by atoms with Gasteiger partial charge >= 0.3 is 12.1 Å². The van der Waals surface area contributed by atoms with Gasteiger partial charge in [0.25, 0.3) is 6.43 Å². The van der Waals surface area contributed by atoms with E-state index in [0.717, 1.165) is 0 Å². The lowest BCUT2D eigenvalue weighted by Gasteiger charge is -2.13. The van der Waals surface area contributed by atoms with E-state index < -0.39 is 41.1 Å². The number of alkyl halides is 5. The van der Waals surface area contributed by atoms with Gasteiger partial charge in [0, 0.05) is 6.20 Å². The van der Waals surface area contributed by atoms with Crippen LogP contribution in [0.2, 0.25) is 0 Å². The first-order valence-electron chi connectivity index (χ1n) is 3.96. The van der Waals surface area contributed by atoms with E-state index in [4.69, 9.17) is 10.2 Å². The average Bonchev–Trinajstić information content (AvgIpc) is 2.14. The minimum Gasteiger partial charge on any atom is -0.505 e. The lowest BCUT2D eigenvalue weighted by atomic mass is 10.1. The molecular weight excluding hydrogens is 253 g/mol. The maximum Gasteiger partial charge on any atom is 0.420 e. The van der Waals surface area contributed by atoms with Crippen LogP contribution in [0.1, 0.15) is 28.0 Å². The second-order valence-corrected chi connectivity index (χ2v) is 2.88. The highest BCUT2D eigenvalue weighted by Gasteiger charge is 2.41. The van der Waals surface area contributed by atoms with E-state index >= 15 is 0 Å². The summed E-state index contributed by atoms with van der Waals surface area (Å²) in [4.78, 5) is 13.3. The van der Waals surface area contributed by atoms with Crippen LogP contribution < -0.4 is 0 Å². The molecule has 1 aromatic rings. The summed E-state index contributed by atoms with van der Waals surface area (Å²) in [5.41, 5.74) is -4.93. The van der Waals surface area contributed by atoms with Gasteiger partial charge in [-0.2, -0.15) is 13.2 Å². The molecule has 0 saturated carbocycles. The Morgan fingerprint density at radius 3 is 2.24 bits per heavy atom. The number of aromatic hydroxyl groups is 1. The highest BCUT2D eigenvalue weighted by Crippen LogP contribution is 2.41. The van der Waals surface area contributed by atoms with Crippen LogP contribution in [0.25, 0.3) is 0 Å². The Labute approximate surface area is 90.3 Å². The third kappa shape index (κ3) is 2.43. The summed E-state index contributed by atoms with van der Waals surface area (Å²) in [6, 6.07) is 0. The standard InChI is InChI=1S/C8H4F5NO3/c9-6(10)4-5(15)3(8(11,12)13)2(1-14-4)7(16)17/h1,6,15H,(H,16,17). The van der Waals surface area contributed by atoms with Crippen LogP contribution >= 0.6 is 0 Å². The summed E-state index contributed by atoms with van der Waals surface area (Å²) < 4.78 is 61.6. The molecule has 0 radical (unpaired) electrons.